The van der Waals surface area contributed by atoms with E-state index in [9.17, 15) is 4.39 Å². The van der Waals surface area contributed by atoms with Crippen LogP contribution in [0.25, 0.3) is 0 Å². The highest BCUT2D eigenvalue weighted by Gasteiger charge is 1.99. The van der Waals surface area contributed by atoms with Crippen LogP contribution in [0.3, 0.4) is 0 Å². The van der Waals surface area contributed by atoms with Crippen LogP contribution in [-0.4, -0.2) is 12.5 Å². The van der Waals surface area contributed by atoms with Crippen LogP contribution in [0.5, 0.6) is 0 Å². The number of thiophene rings is 1. The van der Waals surface area contributed by atoms with Crippen molar-refractivity contribution in [3.8, 4) is 0 Å². The second-order valence-electron chi connectivity index (χ2n) is 4.26. The molecule has 0 fully saturated rings. The fraction of sp³-hybridized carbons (Fsp3) is 0.267. The molecule has 0 saturated heterocycles. The van der Waals surface area contributed by atoms with Gasteiger partial charge in [-0.25, -0.2) is 9.38 Å². The van der Waals surface area contributed by atoms with Crippen molar-refractivity contribution >= 4 is 41.3 Å². The molecule has 1 heterocycles. The largest absolute Gasteiger partial charge is 0.357 e. The summed E-state index contributed by atoms with van der Waals surface area (Å²) in [4.78, 5) is 5.71. The Morgan fingerprint density at radius 2 is 2.10 bits per heavy atom. The van der Waals surface area contributed by atoms with Gasteiger partial charge in [-0.15, -0.1) is 35.3 Å². The average molecular weight is 419 g/mol. The molecule has 0 bridgehead atoms. The summed E-state index contributed by atoms with van der Waals surface area (Å²) >= 11 is 1.70. The Morgan fingerprint density at radius 1 is 1.24 bits per heavy atom. The predicted octanol–water partition coefficient (Wildman–Crippen LogP) is 3.76. The van der Waals surface area contributed by atoms with Crippen molar-refractivity contribution in [3.05, 3.63) is 58.0 Å². The molecule has 2 aromatic rings. The molecule has 2 N–H and O–H groups in total. The maximum absolute atomic E-state index is 13.1. The van der Waals surface area contributed by atoms with Crippen LogP contribution < -0.4 is 10.6 Å². The highest BCUT2D eigenvalue weighted by molar-refractivity contribution is 14.0. The number of hydrogen-bond donors (Lipinski definition) is 2. The van der Waals surface area contributed by atoms with E-state index in [0.717, 1.165) is 24.6 Å². The standard InChI is InChI=1S/C15H18FN3S.HI/c1-2-17-15(19-11-14-7-4-8-20-14)18-10-12-5-3-6-13(16)9-12;/h3-9H,2,10-11H2,1H3,(H2,17,18,19);1H. The molecule has 3 nitrogen and oxygen atoms in total. The number of hydrogen-bond acceptors (Lipinski definition) is 2. The van der Waals surface area contributed by atoms with Gasteiger partial charge in [0.25, 0.3) is 0 Å². The topological polar surface area (TPSA) is 36.4 Å². The summed E-state index contributed by atoms with van der Waals surface area (Å²) in [5.74, 6) is 0.513. The van der Waals surface area contributed by atoms with E-state index in [1.54, 1.807) is 17.4 Å². The van der Waals surface area contributed by atoms with Crippen LogP contribution in [0.4, 0.5) is 4.39 Å². The van der Waals surface area contributed by atoms with Crippen LogP contribution in [0.15, 0.2) is 46.8 Å². The van der Waals surface area contributed by atoms with Crippen molar-refractivity contribution in [3.63, 3.8) is 0 Å². The maximum Gasteiger partial charge on any atom is 0.191 e. The van der Waals surface area contributed by atoms with Gasteiger partial charge in [0.05, 0.1) is 13.1 Å². The van der Waals surface area contributed by atoms with Gasteiger partial charge in [-0.1, -0.05) is 18.2 Å². The van der Waals surface area contributed by atoms with Gasteiger partial charge < -0.3 is 10.6 Å². The van der Waals surface area contributed by atoms with Gasteiger partial charge in [0.15, 0.2) is 5.96 Å². The first-order chi connectivity index (χ1) is 9.78. The second-order valence-corrected chi connectivity index (χ2v) is 5.29. The summed E-state index contributed by atoms with van der Waals surface area (Å²) in [7, 11) is 0. The zero-order valence-corrected chi connectivity index (χ0v) is 15.0. The maximum atomic E-state index is 13.1. The second kappa shape index (κ2) is 9.73. The first-order valence-electron chi connectivity index (χ1n) is 6.57. The lowest BCUT2D eigenvalue weighted by molar-refractivity contribution is 0.625. The van der Waals surface area contributed by atoms with Gasteiger partial charge in [0.2, 0.25) is 0 Å². The molecule has 0 radical (unpaired) electrons. The molecule has 1 aromatic carbocycles. The molecule has 6 heteroatoms. The van der Waals surface area contributed by atoms with Crippen molar-refractivity contribution in [2.45, 2.75) is 20.0 Å². The van der Waals surface area contributed by atoms with Crippen molar-refractivity contribution in [2.75, 3.05) is 6.54 Å². The summed E-state index contributed by atoms with van der Waals surface area (Å²) < 4.78 is 13.1. The fourth-order valence-corrected chi connectivity index (χ4v) is 2.38. The van der Waals surface area contributed by atoms with Crippen molar-refractivity contribution in [1.29, 1.82) is 0 Å². The molecule has 21 heavy (non-hydrogen) atoms. The molecular formula is C15H19FIN3S. The van der Waals surface area contributed by atoms with Gasteiger partial charge in [0, 0.05) is 11.4 Å². The molecule has 0 atom stereocenters. The summed E-state index contributed by atoms with van der Waals surface area (Å²) in [6.45, 7) is 4.01. The lowest BCUT2D eigenvalue weighted by atomic mass is 10.2. The fourth-order valence-electron chi connectivity index (χ4n) is 1.73. The molecule has 0 amide bonds. The third-order valence-electron chi connectivity index (χ3n) is 2.66. The van der Waals surface area contributed by atoms with E-state index in [0.29, 0.717) is 6.54 Å². The molecule has 0 aliphatic heterocycles. The quantitative estimate of drug-likeness (QED) is 0.440. The Hall–Kier alpha value is -1.15. The van der Waals surface area contributed by atoms with Crippen LogP contribution in [0, 0.1) is 5.82 Å². The lowest BCUT2D eigenvalue weighted by Crippen LogP contribution is -2.36. The van der Waals surface area contributed by atoms with E-state index in [4.69, 9.17) is 0 Å². The number of guanidine groups is 1. The number of rotatable bonds is 5. The van der Waals surface area contributed by atoms with Gasteiger partial charge in [-0.3, -0.25) is 0 Å². The summed E-state index contributed by atoms with van der Waals surface area (Å²) in [5.41, 5.74) is 0.860. The number of aliphatic imine (C=N–C) groups is 1. The molecule has 0 aliphatic carbocycles. The summed E-state index contributed by atoms with van der Waals surface area (Å²) in [6, 6.07) is 10.6. The zero-order valence-electron chi connectivity index (χ0n) is 11.8. The SMILES string of the molecule is CCNC(=NCc1cccc(F)c1)NCc1cccs1.I. The van der Waals surface area contributed by atoms with Crippen molar-refractivity contribution in [1.82, 2.24) is 10.6 Å². The highest BCUT2D eigenvalue weighted by Crippen LogP contribution is 2.07. The van der Waals surface area contributed by atoms with E-state index in [-0.39, 0.29) is 29.8 Å². The Bertz CT molecular complexity index is 558. The van der Waals surface area contributed by atoms with E-state index in [1.165, 1.54) is 17.0 Å². The van der Waals surface area contributed by atoms with Gasteiger partial charge in [0.1, 0.15) is 5.82 Å². The van der Waals surface area contributed by atoms with E-state index >= 15 is 0 Å². The Balaban J connectivity index is 0.00000220. The number of nitrogens with zero attached hydrogens (tertiary/aromatic N) is 1. The normalized spacial score (nSPS) is 10.9. The Kier molecular flexibility index (Phi) is 8.29. The molecule has 0 saturated carbocycles. The van der Waals surface area contributed by atoms with Crippen LogP contribution in [-0.2, 0) is 13.1 Å². The lowest BCUT2D eigenvalue weighted by Gasteiger charge is -2.10. The monoisotopic (exact) mass is 419 g/mol. The first-order valence-corrected chi connectivity index (χ1v) is 7.45. The van der Waals surface area contributed by atoms with Gasteiger partial charge in [-0.05, 0) is 36.1 Å². The average Bonchev–Trinajstić information content (AvgIpc) is 2.95. The van der Waals surface area contributed by atoms with E-state index < -0.39 is 0 Å². The third-order valence-corrected chi connectivity index (χ3v) is 3.54. The van der Waals surface area contributed by atoms with Crippen molar-refractivity contribution in [2.24, 2.45) is 4.99 Å². The summed E-state index contributed by atoms with van der Waals surface area (Å²) in [6.07, 6.45) is 0. The molecule has 114 valence electrons. The van der Waals surface area contributed by atoms with E-state index in [1.807, 2.05) is 24.4 Å². The molecule has 0 aliphatic rings. The van der Waals surface area contributed by atoms with Crippen molar-refractivity contribution < 1.29 is 4.39 Å². The molecule has 1 aromatic heterocycles. The van der Waals surface area contributed by atoms with E-state index in [2.05, 4.69) is 21.7 Å². The zero-order chi connectivity index (χ0) is 14.2. The van der Waals surface area contributed by atoms with Crippen LogP contribution in [0.2, 0.25) is 0 Å². The Labute approximate surface area is 145 Å². The molecule has 2 rings (SSSR count). The van der Waals surface area contributed by atoms with Crippen LogP contribution in [0.1, 0.15) is 17.4 Å². The summed E-state index contributed by atoms with van der Waals surface area (Å²) in [5, 5.41) is 8.49. The minimum atomic E-state index is -0.228. The minimum absolute atomic E-state index is 0. The smallest absolute Gasteiger partial charge is 0.191 e. The molecular weight excluding hydrogens is 400 g/mol. The minimum Gasteiger partial charge on any atom is -0.357 e. The van der Waals surface area contributed by atoms with Gasteiger partial charge >= 0.3 is 0 Å². The molecule has 0 spiro atoms. The third kappa shape index (κ3) is 6.43. The first kappa shape index (κ1) is 17.9. The number of benzene rings is 1. The number of halogens is 2. The van der Waals surface area contributed by atoms with Gasteiger partial charge in [-0.2, -0.15) is 0 Å². The Morgan fingerprint density at radius 3 is 2.76 bits per heavy atom. The van der Waals surface area contributed by atoms with Crippen LogP contribution >= 0.6 is 35.3 Å². The molecule has 0 unspecified atom stereocenters. The number of nitrogens with one attached hydrogen (secondary N) is 2. The highest BCUT2D eigenvalue weighted by atomic mass is 127. The predicted molar refractivity (Wildman–Crippen MR) is 97.8 cm³/mol.